The van der Waals surface area contributed by atoms with Crippen molar-refractivity contribution in [2.24, 2.45) is 5.92 Å². The predicted octanol–water partition coefficient (Wildman–Crippen LogP) is 1.14. The smallest absolute Gasteiger partial charge is 0.0509 e. The van der Waals surface area contributed by atoms with E-state index < -0.39 is 0 Å². The second-order valence-corrected chi connectivity index (χ2v) is 5.38. The van der Waals surface area contributed by atoms with Crippen molar-refractivity contribution in [1.29, 1.82) is 0 Å². The molecule has 2 aliphatic rings. The van der Waals surface area contributed by atoms with Gasteiger partial charge in [0.15, 0.2) is 0 Å². The molecule has 0 aromatic carbocycles. The molecule has 2 N–H and O–H groups in total. The molecule has 2 rings (SSSR count). The number of hydrogen-bond acceptors (Lipinski definition) is 3. The van der Waals surface area contributed by atoms with Crippen LogP contribution < -0.4 is 10.6 Å². The molecule has 3 unspecified atom stereocenters. The second-order valence-electron chi connectivity index (χ2n) is 5.38. The van der Waals surface area contributed by atoms with Crippen molar-refractivity contribution in [3.63, 3.8) is 0 Å². The van der Waals surface area contributed by atoms with Crippen molar-refractivity contribution < 1.29 is 4.74 Å². The molecule has 0 radical (unpaired) electrons. The van der Waals surface area contributed by atoms with Crippen LogP contribution in [0.3, 0.4) is 0 Å². The monoisotopic (exact) mass is 212 g/mol. The molecule has 0 bridgehead atoms. The molecule has 3 nitrogen and oxygen atoms in total. The second kappa shape index (κ2) is 4.81. The van der Waals surface area contributed by atoms with Crippen molar-refractivity contribution in [2.75, 3.05) is 26.3 Å². The molecule has 15 heavy (non-hydrogen) atoms. The van der Waals surface area contributed by atoms with Gasteiger partial charge in [-0.15, -0.1) is 0 Å². The summed E-state index contributed by atoms with van der Waals surface area (Å²) in [6.45, 7) is 8.77. The Balaban J connectivity index is 1.72. The first-order valence-electron chi connectivity index (χ1n) is 6.26. The lowest BCUT2D eigenvalue weighted by Crippen LogP contribution is -2.49. The number of ether oxygens (including phenoxy) is 1. The average molecular weight is 212 g/mol. The third kappa shape index (κ3) is 2.92. The van der Waals surface area contributed by atoms with E-state index in [9.17, 15) is 0 Å². The van der Waals surface area contributed by atoms with Gasteiger partial charge in [-0.1, -0.05) is 0 Å². The lowest BCUT2D eigenvalue weighted by Gasteiger charge is -2.28. The van der Waals surface area contributed by atoms with Gasteiger partial charge in [0.25, 0.3) is 0 Å². The topological polar surface area (TPSA) is 33.3 Å². The lowest BCUT2D eigenvalue weighted by molar-refractivity contribution is 0.177. The molecular formula is C12H24N2O. The molecule has 2 saturated heterocycles. The first-order valence-corrected chi connectivity index (χ1v) is 6.26. The van der Waals surface area contributed by atoms with Crippen molar-refractivity contribution >= 4 is 0 Å². The Hall–Kier alpha value is -0.120. The van der Waals surface area contributed by atoms with Crippen LogP contribution in [0.2, 0.25) is 0 Å². The molecule has 2 heterocycles. The minimum Gasteiger partial charge on any atom is -0.381 e. The maximum atomic E-state index is 5.42. The molecule has 0 amide bonds. The van der Waals surface area contributed by atoms with Gasteiger partial charge in [0, 0.05) is 24.7 Å². The van der Waals surface area contributed by atoms with Crippen LogP contribution in [0.4, 0.5) is 0 Å². The van der Waals surface area contributed by atoms with Gasteiger partial charge in [-0.05, 0) is 45.6 Å². The van der Waals surface area contributed by atoms with Crippen LogP contribution in [0.15, 0.2) is 0 Å². The maximum Gasteiger partial charge on any atom is 0.0509 e. The highest BCUT2D eigenvalue weighted by molar-refractivity contribution is 4.91. The first kappa shape index (κ1) is 11.4. The van der Waals surface area contributed by atoms with Gasteiger partial charge in [0.05, 0.1) is 6.61 Å². The number of rotatable bonds is 4. The molecule has 3 heteroatoms. The van der Waals surface area contributed by atoms with Gasteiger partial charge in [-0.2, -0.15) is 0 Å². The van der Waals surface area contributed by atoms with E-state index in [0.717, 1.165) is 25.7 Å². The molecule has 0 aromatic rings. The molecule has 3 atom stereocenters. The largest absolute Gasteiger partial charge is 0.381 e. The zero-order valence-electron chi connectivity index (χ0n) is 10.0. The van der Waals surface area contributed by atoms with Crippen LogP contribution >= 0.6 is 0 Å². The molecule has 0 aliphatic carbocycles. The highest BCUT2D eigenvalue weighted by Gasteiger charge is 2.29. The third-order valence-corrected chi connectivity index (χ3v) is 3.94. The minimum absolute atomic E-state index is 0.327. The molecule has 88 valence electrons. The SMILES string of the molecule is CC(NCC1(C)CCCN1)C1CCOC1. The van der Waals surface area contributed by atoms with Gasteiger partial charge >= 0.3 is 0 Å². The zero-order chi connectivity index (χ0) is 10.7. The minimum atomic E-state index is 0.327. The van der Waals surface area contributed by atoms with E-state index in [4.69, 9.17) is 4.74 Å². The molecular weight excluding hydrogens is 188 g/mol. The fourth-order valence-electron chi connectivity index (χ4n) is 2.61. The van der Waals surface area contributed by atoms with Crippen molar-refractivity contribution in [1.82, 2.24) is 10.6 Å². The summed E-state index contributed by atoms with van der Waals surface area (Å²) in [5.74, 6) is 0.718. The fraction of sp³-hybridized carbons (Fsp3) is 1.00. The number of nitrogens with one attached hydrogen (secondary N) is 2. The van der Waals surface area contributed by atoms with Gasteiger partial charge in [0.1, 0.15) is 0 Å². The van der Waals surface area contributed by atoms with E-state index >= 15 is 0 Å². The van der Waals surface area contributed by atoms with Crippen LogP contribution in [0.5, 0.6) is 0 Å². The van der Waals surface area contributed by atoms with Crippen LogP contribution in [0, 0.1) is 5.92 Å². The van der Waals surface area contributed by atoms with E-state index in [1.54, 1.807) is 0 Å². The summed E-state index contributed by atoms with van der Waals surface area (Å²) in [4.78, 5) is 0. The normalized spacial score (nSPS) is 38.4. The summed E-state index contributed by atoms with van der Waals surface area (Å²) in [5.41, 5.74) is 0.327. The van der Waals surface area contributed by atoms with Crippen LogP contribution in [0.25, 0.3) is 0 Å². The first-order chi connectivity index (χ1) is 7.20. The quantitative estimate of drug-likeness (QED) is 0.733. The van der Waals surface area contributed by atoms with Gasteiger partial charge in [-0.25, -0.2) is 0 Å². The van der Waals surface area contributed by atoms with E-state index in [0.29, 0.717) is 11.6 Å². The Bertz CT molecular complexity index is 196. The van der Waals surface area contributed by atoms with Crippen LogP contribution in [0.1, 0.15) is 33.1 Å². The van der Waals surface area contributed by atoms with Crippen LogP contribution in [-0.4, -0.2) is 37.9 Å². The molecule has 0 saturated carbocycles. The van der Waals surface area contributed by atoms with E-state index in [-0.39, 0.29) is 0 Å². The fourth-order valence-corrected chi connectivity index (χ4v) is 2.61. The van der Waals surface area contributed by atoms with E-state index in [1.807, 2.05) is 0 Å². The average Bonchev–Trinajstić information content (AvgIpc) is 2.85. The summed E-state index contributed by atoms with van der Waals surface area (Å²) in [6.07, 6.45) is 3.84. The summed E-state index contributed by atoms with van der Waals surface area (Å²) < 4.78 is 5.42. The summed E-state index contributed by atoms with van der Waals surface area (Å²) in [5, 5.41) is 7.25. The Kier molecular flexibility index (Phi) is 3.65. The van der Waals surface area contributed by atoms with Crippen molar-refractivity contribution in [3.8, 4) is 0 Å². The summed E-state index contributed by atoms with van der Waals surface area (Å²) >= 11 is 0. The van der Waals surface area contributed by atoms with Gasteiger partial charge in [0.2, 0.25) is 0 Å². The highest BCUT2D eigenvalue weighted by Crippen LogP contribution is 2.20. The Morgan fingerprint density at radius 1 is 1.60 bits per heavy atom. The Morgan fingerprint density at radius 2 is 2.47 bits per heavy atom. The van der Waals surface area contributed by atoms with Crippen molar-refractivity contribution in [3.05, 3.63) is 0 Å². The standard InChI is InChI=1S/C12H24N2O/c1-10(11-4-7-15-8-11)13-9-12(2)5-3-6-14-12/h10-11,13-14H,3-9H2,1-2H3. The highest BCUT2D eigenvalue weighted by atomic mass is 16.5. The van der Waals surface area contributed by atoms with Crippen molar-refractivity contribution in [2.45, 2.75) is 44.7 Å². The van der Waals surface area contributed by atoms with E-state index in [1.165, 1.54) is 25.8 Å². The van der Waals surface area contributed by atoms with Gasteiger partial charge in [-0.3, -0.25) is 0 Å². The van der Waals surface area contributed by atoms with Gasteiger partial charge < -0.3 is 15.4 Å². The molecule has 0 spiro atoms. The Labute approximate surface area is 93.0 Å². The third-order valence-electron chi connectivity index (χ3n) is 3.94. The molecule has 2 fully saturated rings. The summed E-state index contributed by atoms with van der Waals surface area (Å²) in [7, 11) is 0. The molecule has 2 aliphatic heterocycles. The predicted molar refractivity (Wildman–Crippen MR) is 62.0 cm³/mol. The number of hydrogen-bond donors (Lipinski definition) is 2. The van der Waals surface area contributed by atoms with Crippen LogP contribution in [-0.2, 0) is 4.74 Å². The molecule has 0 aromatic heterocycles. The maximum absolute atomic E-state index is 5.42. The summed E-state index contributed by atoms with van der Waals surface area (Å²) in [6, 6.07) is 0.590. The lowest BCUT2D eigenvalue weighted by atomic mass is 9.97. The van der Waals surface area contributed by atoms with E-state index in [2.05, 4.69) is 24.5 Å². The zero-order valence-corrected chi connectivity index (χ0v) is 10.0. The Morgan fingerprint density at radius 3 is 3.07 bits per heavy atom.